The molecule has 0 bridgehead atoms. The van der Waals surface area contributed by atoms with E-state index in [-0.39, 0.29) is 12.6 Å². The number of nitrogens with zero attached hydrogens (tertiary/aromatic N) is 4. The van der Waals surface area contributed by atoms with Crippen molar-refractivity contribution in [1.82, 2.24) is 19.7 Å². The number of hydrogen-bond donors (Lipinski definition) is 1. The van der Waals surface area contributed by atoms with Gasteiger partial charge in [-0.1, -0.05) is 30.3 Å². The third kappa shape index (κ3) is 4.68. The first kappa shape index (κ1) is 18.1. The monoisotopic (exact) mass is 352 g/mol. The number of aliphatic hydroxyl groups excluding tert-OH is 1. The van der Waals surface area contributed by atoms with E-state index in [0.717, 1.165) is 11.4 Å². The minimum Gasteiger partial charge on any atom is -0.491 e. The van der Waals surface area contributed by atoms with Crippen LogP contribution in [0.5, 0.6) is 5.75 Å². The molecule has 2 atom stereocenters. The lowest BCUT2D eigenvalue weighted by molar-refractivity contribution is 0.0654. The first-order chi connectivity index (χ1) is 12.6. The third-order valence-electron chi connectivity index (χ3n) is 4.40. The van der Waals surface area contributed by atoms with Crippen LogP contribution in [0.3, 0.4) is 0 Å². The summed E-state index contributed by atoms with van der Waals surface area (Å²) in [6.07, 6.45) is 2.63. The Morgan fingerprint density at radius 1 is 1.12 bits per heavy atom. The summed E-state index contributed by atoms with van der Waals surface area (Å²) in [6.45, 7) is 2.92. The molecule has 26 heavy (non-hydrogen) atoms. The summed E-state index contributed by atoms with van der Waals surface area (Å²) in [6, 6.07) is 17.9. The summed E-state index contributed by atoms with van der Waals surface area (Å²) in [7, 11) is 2.00. The highest BCUT2D eigenvalue weighted by Crippen LogP contribution is 2.20. The zero-order chi connectivity index (χ0) is 18.4. The molecule has 0 spiro atoms. The molecule has 0 aliphatic carbocycles. The second-order valence-electron chi connectivity index (χ2n) is 6.33. The average molecular weight is 352 g/mol. The van der Waals surface area contributed by atoms with Crippen molar-refractivity contribution in [1.29, 1.82) is 0 Å². The van der Waals surface area contributed by atoms with Gasteiger partial charge in [-0.3, -0.25) is 4.90 Å². The van der Waals surface area contributed by atoms with E-state index in [2.05, 4.69) is 34.0 Å². The Hall–Kier alpha value is -2.70. The SMILES string of the molecule is C[C@@H](c1ccc(-n2cncn2)cc1)N(C)C[C@@H](O)COc1ccccc1. The molecule has 6 heteroatoms. The topological polar surface area (TPSA) is 63.4 Å². The van der Waals surface area contributed by atoms with Gasteiger partial charge in [-0.05, 0) is 43.8 Å². The molecule has 1 aromatic heterocycles. The minimum atomic E-state index is -0.558. The van der Waals surface area contributed by atoms with Crippen LogP contribution in [0.15, 0.2) is 67.3 Å². The Bertz CT molecular complexity index is 775. The lowest BCUT2D eigenvalue weighted by Crippen LogP contribution is -2.34. The van der Waals surface area contributed by atoms with Crippen LogP contribution in [-0.2, 0) is 0 Å². The second-order valence-corrected chi connectivity index (χ2v) is 6.33. The van der Waals surface area contributed by atoms with E-state index in [1.54, 1.807) is 11.0 Å². The molecule has 3 rings (SSSR count). The predicted molar refractivity (Wildman–Crippen MR) is 100 cm³/mol. The molecule has 0 saturated carbocycles. The molecule has 0 amide bonds. The van der Waals surface area contributed by atoms with Gasteiger partial charge >= 0.3 is 0 Å². The van der Waals surface area contributed by atoms with E-state index in [9.17, 15) is 5.11 Å². The fourth-order valence-corrected chi connectivity index (χ4v) is 2.75. The van der Waals surface area contributed by atoms with E-state index in [1.165, 1.54) is 11.9 Å². The molecule has 1 heterocycles. The lowest BCUT2D eigenvalue weighted by atomic mass is 10.1. The van der Waals surface area contributed by atoms with E-state index in [4.69, 9.17) is 4.74 Å². The highest BCUT2D eigenvalue weighted by atomic mass is 16.5. The number of likely N-dealkylation sites (N-methyl/N-ethyl adjacent to an activating group) is 1. The smallest absolute Gasteiger partial charge is 0.138 e. The summed E-state index contributed by atoms with van der Waals surface area (Å²) >= 11 is 0. The van der Waals surface area contributed by atoms with Crippen molar-refractivity contribution in [3.63, 3.8) is 0 Å². The molecular weight excluding hydrogens is 328 g/mol. The van der Waals surface area contributed by atoms with Gasteiger partial charge in [0.2, 0.25) is 0 Å². The maximum atomic E-state index is 10.3. The Balaban J connectivity index is 1.52. The maximum absolute atomic E-state index is 10.3. The van der Waals surface area contributed by atoms with Gasteiger partial charge in [-0.2, -0.15) is 5.10 Å². The first-order valence-corrected chi connectivity index (χ1v) is 8.64. The van der Waals surface area contributed by atoms with Gasteiger partial charge in [0.25, 0.3) is 0 Å². The number of aromatic nitrogens is 3. The molecule has 136 valence electrons. The molecule has 0 saturated heterocycles. The Morgan fingerprint density at radius 3 is 2.50 bits per heavy atom. The van der Waals surface area contributed by atoms with Gasteiger partial charge < -0.3 is 9.84 Å². The van der Waals surface area contributed by atoms with Crippen molar-refractivity contribution in [3.05, 3.63) is 72.8 Å². The molecule has 3 aromatic rings. The minimum absolute atomic E-state index is 0.172. The van der Waals surface area contributed by atoms with Crippen molar-refractivity contribution in [3.8, 4) is 11.4 Å². The summed E-state index contributed by atoms with van der Waals surface area (Å²) in [5, 5.41) is 14.4. The van der Waals surface area contributed by atoms with Gasteiger partial charge in [0, 0.05) is 12.6 Å². The molecule has 0 aliphatic heterocycles. The van der Waals surface area contributed by atoms with Crippen LogP contribution in [0.4, 0.5) is 0 Å². The summed E-state index contributed by atoms with van der Waals surface area (Å²) in [5.41, 5.74) is 2.14. The van der Waals surface area contributed by atoms with Crippen LogP contribution in [0.2, 0.25) is 0 Å². The molecule has 0 unspecified atom stereocenters. The summed E-state index contributed by atoms with van der Waals surface area (Å²) < 4.78 is 7.34. The van der Waals surface area contributed by atoms with Gasteiger partial charge in [-0.25, -0.2) is 9.67 Å². The number of hydrogen-bond acceptors (Lipinski definition) is 5. The fraction of sp³-hybridized carbons (Fsp3) is 0.300. The largest absolute Gasteiger partial charge is 0.491 e. The molecule has 0 radical (unpaired) electrons. The zero-order valence-corrected chi connectivity index (χ0v) is 15.1. The van der Waals surface area contributed by atoms with E-state index in [1.807, 2.05) is 49.5 Å². The molecule has 6 nitrogen and oxygen atoms in total. The van der Waals surface area contributed by atoms with Crippen LogP contribution in [0.1, 0.15) is 18.5 Å². The average Bonchev–Trinajstić information content (AvgIpc) is 3.21. The predicted octanol–water partition coefficient (Wildman–Crippen LogP) is 2.70. The van der Waals surface area contributed by atoms with Crippen LogP contribution in [0, 0.1) is 0 Å². The number of para-hydroxylation sites is 1. The van der Waals surface area contributed by atoms with Gasteiger partial charge in [0.1, 0.15) is 31.1 Å². The van der Waals surface area contributed by atoms with Crippen LogP contribution in [0.25, 0.3) is 5.69 Å². The van der Waals surface area contributed by atoms with Crippen LogP contribution in [-0.4, -0.2) is 51.1 Å². The Morgan fingerprint density at radius 2 is 1.85 bits per heavy atom. The van der Waals surface area contributed by atoms with E-state index in [0.29, 0.717) is 6.54 Å². The van der Waals surface area contributed by atoms with Crippen LogP contribution >= 0.6 is 0 Å². The zero-order valence-electron chi connectivity index (χ0n) is 15.1. The molecule has 1 N–H and O–H groups in total. The number of aliphatic hydroxyl groups is 1. The number of rotatable bonds is 8. The first-order valence-electron chi connectivity index (χ1n) is 8.64. The fourth-order valence-electron chi connectivity index (χ4n) is 2.75. The van der Waals surface area contributed by atoms with E-state index >= 15 is 0 Å². The maximum Gasteiger partial charge on any atom is 0.138 e. The van der Waals surface area contributed by atoms with Crippen molar-refractivity contribution in [2.75, 3.05) is 20.2 Å². The highest BCUT2D eigenvalue weighted by Gasteiger charge is 2.16. The van der Waals surface area contributed by atoms with Gasteiger partial charge in [-0.15, -0.1) is 0 Å². The summed E-state index contributed by atoms with van der Waals surface area (Å²) in [5.74, 6) is 0.769. The van der Waals surface area contributed by atoms with Crippen LogP contribution < -0.4 is 4.74 Å². The van der Waals surface area contributed by atoms with Gasteiger partial charge in [0.05, 0.1) is 5.69 Å². The van der Waals surface area contributed by atoms with Crippen molar-refractivity contribution in [2.45, 2.75) is 19.1 Å². The molecule has 2 aromatic carbocycles. The normalized spacial score (nSPS) is 13.5. The van der Waals surface area contributed by atoms with Crippen molar-refractivity contribution in [2.24, 2.45) is 0 Å². The van der Waals surface area contributed by atoms with E-state index < -0.39 is 6.10 Å². The van der Waals surface area contributed by atoms with Crippen molar-refractivity contribution < 1.29 is 9.84 Å². The molecule has 0 aliphatic rings. The quantitative estimate of drug-likeness (QED) is 0.675. The number of ether oxygens (including phenoxy) is 1. The van der Waals surface area contributed by atoms with Gasteiger partial charge in [0.15, 0.2) is 0 Å². The molecular formula is C20H24N4O2. The Labute approximate surface area is 153 Å². The third-order valence-corrected chi connectivity index (χ3v) is 4.40. The summed E-state index contributed by atoms with van der Waals surface area (Å²) in [4.78, 5) is 6.07. The second kappa shape index (κ2) is 8.60. The number of benzene rings is 2. The standard InChI is InChI=1S/C20H24N4O2/c1-16(17-8-10-18(11-9-17)24-15-21-14-22-24)23(2)12-19(25)13-26-20-6-4-3-5-7-20/h3-11,14-16,19,25H,12-13H2,1-2H3/t16-,19+/m0/s1. The molecule has 0 fully saturated rings. The highest BCUT2D eigenvalue weighted by molar-refractivity contribution is 5.34. The van der Waals surface area contributed by atoms with Crippen molar-refractivity contribution >= 4 is 0 Å². The lowest BCUT2D eigenvalue weighted by Gasteiger charge is -2.27. The Kier molecular flexibility index (Phi) is 5.99.